The lowest BCUT2D eigenvalue weighted by atomic mass is 10.3. The fraction of sp³-hybridized carbons (Fsp3) is 0.250. The predicted molar refractivity (Wildman–Crippen MR) is 50.5 cm³/mol. The summed E-state index contributed by atoms with van der Waals surface area (Å²) >= 11 is 1.40. The minimum atomic E-state index is -0.284. The van der Waals surface area contributed by atoms with Crippen molar-refractivity contribution in [3.05, 3.63) is 21.4 Å². The number of nitrogens with one attached hydrogen (secondary N) is 2. The molecule has 0 bridgehead atoms. The molecule has 0 saturated carbocycles. The molecule has 5 heteroatoms. The van der Waals surface area contributed by atoms with Crippen molar-refractivity contribution < 1.29 is 9.59 Å². The standard InChI is InChI=1S/C8H10N2O2S/c1-5-3-7(13-6(5)2)8(12)10-9-4-11/h3-4H,1-2H3,(H,9,11)(H,10,12). The maximum Gasteiger partial charge on any atom is 0.279 e. The quantitative estimate of drug-likeness (QED) is 0.556. The van der Waals surface area contributed by atoms with Crippen molar-refractivity contribution in [2.45, 2.75) is 13.8 Å². The highest BCUT2D eigenvalue weighted by Crippen LogP contribution is 2.19. The van der Waals surface area contributed by atoms with Gasteiger partial charge in [-0.3, -0.25) is 20.4 Å². The number of hydrogen-bond acceptors (Lipinski definition) is 3. The second kappa shape index (κ2) is 4.04. The van der Waals surface area contributed by atoms with Gasteiger partial charge in [-0.15, -0.1) is 11.3 Å². The van der Waals surface area contributed by atoms with Gasteiger partial charge < -0.3 is 0 Å². The Morgan fingerprint density at radius 2 is 2.23 bits per heavy atom. The molecule has 1 aromatic heterocycles. The fourth-order valence-electron chi connectivity index (χ4n) is 0.842. The Kier molecular flexibility index (Phi) is 3.02. The Morgan fingerprint density at radius 3 is 2.69 bits per heavy atom. The van der Waals surface area contributed by atoms with Crippen molar-refractivity contribution >= 4 is 23.7 Å². The summed E-state index contributed by atoms with van der Waals surface area (Å²) in [6.45, 7) is 3.89. The third-order valence-electron chi connectivity index (χ3n) is 1.63. The molecule has 0 aliphatic heterocycles. The van der Waals surface area contributed by atoms with E-state index in [4.69, 9.17) is 0 Å². The predicted octanol–water partition coefficient (Wildman–Crippen LogP) is 0.756. The lowest BCUT2D eigenvalue weighted by molar-refractivity contribution is -0.110. The van der Waals surface area contributed by atoms with E-state index in [1.54, 1.807) is 6.07 Å². The molecule has 2 N–H and O–H groups in total. The van der Waals surface area contributed by atoms with Crippen LogP contribution in [0.25, 0.3) is 0 Å². The van der Waals surface area contributed by atoms with Crippen LogP contribution in [0.4, 0.5) is 0 Å². The molecule has 4 nitrogen and oxygen atoms in total. The molecule has 0 fully saturated rings. The van der Waals surface area contributed by atoms with E-state index in [0.29, 0.717) is 11.3 Å². The van der Waals surface area contributed by atoms with Crippen LogP contribution in [-0.4, -0.2) is 12.3 Å². The summed E-state index contributed by atoms with van der Waals surface area (Å²) < 4.78 is 0. The van der Waals surface area contributed by atoms with Crippen LogP contribution in [0.2, 0.25) is 0 Å². The molecule has 1 aromatic rings. The molecule has 0 spiro atoms. The number of rotatable bonds is 3. The summed E-state index contributed by atoms with van der Waals surface area (Å²) in [5, 5.41) is 0. The average molecular weight is 198 g/mol. The number of thiophene rings is 1. The van der Waals surface area contributed by atoms with Gasteiger partial charge in [0.25, 0.3) is 5.91 Å². The number of carbonyl (C=O) groups is 2. The van der Waals surface area contributed by atoms with Crippen molar-refractivity contribution in [2.75, 3.05) is 0 Å². The highest BCUT2D eigenvalue weighted by atomic mass is 32.1. The lowest BCUT2D eigenvalue weighted by Gasteiger charge is -1.98. The Bertz CT molecular complexity index is 313. The summed E-state index contributed by atoms with van der Waals surface area (Å²) in [5.74, 6) is -0.284. The summed E-state index contributed by atoms with van der Waals surface area (Å²) in [6.07, 6.45) is 0.422. The van der Waals surface area contributed by atoms with Gasteiger partial charge in [-0.2, -0.15) is 0 Å². The smallest absolute Gasteiger partial charge is 0.277 e. The van der Waals surface area contributed by atoms with Gasteiger partial charge in [-0.1, -0.05) is 0 Å². The van der Waals surface area contributed by atoms with Crippen molar-refractivity contribution in [2.24, 2.45) is 0 Å². The van der Waals surface area contributed by atoms with Crippen LogP contribution in [-0.2, 0) is 4.79 Å². The molecular weight excluding hydrogens is 188 g/mol. The summed E-state index contributed by atoms with van der Waals surface area (Å²) in [5.41, 5.74) is 5.43. The first-order chi connectivity index (χ1) is 6.15. The third kappa shape index (κ3) is 2.29. The SMILES string of the molecule is Cc1cc(C(=O)NNC=O)sc1C. The molecule has 0 aromatic carbocycles. The Labute approximate surface area is 79.9 Å². The number of aryl methyl sites for hydroxylation is 2. The van der Waals surface area contributed by atoms with Gasteiger partial charge in [0.1, 0.15) is 0 Å². The van der Waals surface area contributed by atoms with Crippen LogP contribution < -0.4 is 10.9 Å². The third-order valence-corrected chi connectivity index (χ3v) is 2.79. The van der Waals surface area contributed by atoms with Gasteiger partial charge in [-0.05, 0) is 25.5 Å². The molecule has 2 amide bonds. The first kappa shape index (κ1) is 9.73. The van der Waals surface area contributed by atoms with Gasteiger partial charge in [-0.25, -0.2) is 0 Å². The largest absolute Gasteiger partial charge is 0.279 e. The zero-order valence-electron chi connectivity index (χ0n) is 7.38. The van der Waals surface area contributed by atoms with Crippen LogP contribution in [0.3, 0.4) is 0 Å². The van der Waals surface area contributed by atoms with Crippen LogP contribution in [0.1, 0.15) is 20.1 Å². The molecule has 0 saturated heterocycles. The second-order valence-electron chi connectivity index (χ2n) is 2.57. The van der Waals surface area contributed by atoms with Gasteiger partial charge in [0.2, 0.25) is 6.41 Å². The maximum absolute atomic E-state index is 11.2. The maximum atomic E-state index is 11.2. The molecular formula is C8H10N2O2S. The molecule has 0 aliphatic rings. The zero-order valence-corrected chi connectivity index (χ0v) is 8.20. The van der Waals surface area contributed by atoms with Gasteiger partial charge in [0.05, 0.1) is 4.88 Å². The summed E-state index contributed by atoms with van der Waals surface area (Å²) in [6, 6.07) is 1.79. The van der Waals surface area contributed by atoms with Gasteiger partial charge >= 0.3 is 0 Å². The number of hydrazine groups is 1. The van der Waals surface area contributed by atoms with E-state index < -0.39 is 0 Å². The first-order valence-corrected chi connectivity index (χ1v) is 4.53. The van der Waals surface area contributed by atoms with Crippen LogP contribution >= 0.6 is 11.3 Å². The first-order valence-electron chi connectivity index (χ1n) is 3.71. The lowest BCUT2D eigenvalue weighted by Crippen LogP contribution is -2.35. The topological polar surface area (TPSA) is 58.2 Å². The molecule has 0 radical (unpaired) electrons. The van der Waals surface area contributed by atoms with Crippen LogP contribution in [0.15, 0.2) is 6.07 Å². The van der Waals surface area contributed by atoms with E-state index in [9.17, 15) is 9.59 Å². The Balaban J connectivity index is 2.71. The average Bonchev–Trinajstić information content (AvgIpc) is 2.43. The zero-order chi connectivity index (χ0) is 9.84. The minimum absolute atomic E-state index is 0.284. The van der Waals surface area contributed by atoms with E-state index in [1.165, 1.54) is 11.3 Å². The number of amides is 2. The van der Waals surface area contributed by atoms with Crippen molar-refractivity contribution in [3.8, 4) is 0 Å². The molecule has 0 unspecified atom stereocenters. The Morgan fingerprint density at radius 1 is 1.54 bits per heavy atom. The van der Waals surface area contributed by atoms with E-state index >= 15 is 0 Å². The van der Waals surface area contributed by atoms with Crippen LogP contribution in [0.5, 0.6) is 0 Å². The molecule has 0 aliphatic carbocycles. The normalized spacial score (nSPS) is 9.38. The molecule has 70 valence electrons. The monoisotopic (exact) mass is 198 g/mol. The van der Waals surface area contributed by atoms with E-state index in [0.717, 1.165) is 10.4 Å². The minimum Gasteiger partial charge on any atom is -0.277 e. The number of hydrogen-bond donors (Lipinski definition) is 2. The highest BCUT2D eigenvalue weighted by Gasteiger charge is 2.08. The van der Waals surface area contributed by atoms with Gasteiger partial charge in [0, 0.05) is 4.88 Å². The summed E-state index contributed by atoms with van der Waals surface area (Å²) in [7, 11) is 0. The molecule has 13 heavy (non-hydrogen) atoms. The molecule has 1 rings (SSSR count). The number of carbonyl (C=O) groups excluding carboxylic acids is 2. The van der Waals surface area contributed by atoms with Crippen molar-refractivity contribution in [3.63, 3.8) is 0 Å². The van der Waals surface area contributed by atoms with E-state index in [-0.39, 0.29) is 5.91 Å². The fourth-order valence-corrected chi connectivity index (χ4v) is 1.77. The van der Waals surface area contributed by atoms with Gasteiger partial charge in [0.15, 0.2) is 0 Å². The second-order valence-corrected chi connectivity index (χ2v) is 3.82. The Hall–Kier alpha value is -1.36. The van der Waals surface area contributed by atoms with Crippen molar-refractivity contribution in [1.82, 2.24) is 10.9 Å². The highest BCUT2D eigenvalue weighted by molar-refractivity contribution is 7.14. The van der Waals surface area contributed by atoms with Crippen molar-refractivity contribution in [1.29, 1.82) is 0 Å². The van der Waals surface area contributed by atoms with E-state index in [2.05, 4.69) is 10.9 Å². The summed E-state index contributed by atoms with van der Waals surface area (Å²) in [4.78, 5) is 22.8. The van der Waals surface area contributed by atoms with E-state index in [1.807, 2.05) is 13.8 Å². The molecule has 1 heterocycles. The molecule has 0 atom stereocenters. The van der Waals surface area contributed by atoms with Crippen LogP contribution in [0, 0.1) is 13.8 Å².